The zero-order valence-corrected chi connectivity index (χ0v) is 11.1. The van der Waals surface area contributed by atoms with E-state index >= 15 is 0 Å². The summed E-state index contributed by atoms with van der Waals surface area (Å²) in [4.78, 5) is 0. The third kappa shape index (κ3) is 6.63. The van der Waals surface area contributed by atoms with Crippen molar-refractivity contribution in [2.24, 2.45) is 5.41 Å². The maximum atomic E-state index is 10.2. The summed E-state index contributed by atoms with van der Waals surface area (Å²) in [6.07, 6.45) is 0. The summed E-state index contributed by atoms with van der Waals surface area (Å²) < 4.78 is 22.5. The molecule has 0 spiro atoms. The Morgan fingerprint density at radius 1 is 1.58 bits per heavy atom. The maximum Gasteiger partial charge on any atom is 0.0159 e. The van der Waals surface area contributed by atoms with Crippen molar-refractivity contribution in [3.05, 3.63) is 6.61 Å². The minimum atomic E-state index is -2.33. The van der Waals surface area contributed by atoms with Gasteiger partial charge in [0.2, 0.25) is 0 Å². The van der Waals surface area contributed by atoms with Gasteiger partial charge in [0.15, 0.2) is 0 Å². The van der Waals surface area contributed by atoms with E-state index in [-0.39, 0.29) is 38.1 Å². The average Bonchev–Trinajstić information content (AvgIpc) is 1.79. The molecule has 1 radical (unpaired) electrons. The monoisotopic (exact) mass is 268 g/mol. The summed E-state index contributed by atoms with van der Waals surface area (Å²) in [7, 11) is 0. The van der Waals surface area contributed by atoms with E-state index in [1.54, 1.807) is 0 Å². The minimum absolute atomic E-state index is 0. The summed E-state index contributed by atoms with van der Waals surface area (Å²) >= 11 is -2.33. The molecule has 0 saturated heterocycles. The van der Waals surface area contributed by atoms with Crippen LogP contribution in [0, 0.1) is 12.0 Å². The van der Waals surface area contributed by atoms with Crippen molar-refractivity contribution in [1.82, 2.24) is 4.72 Å². The van der Waals surface area contributed by atoms with Crippen LogP contribution in [-0.2, 0) is 44.0 Å². The van der Waals surface area contributed by atoms with Crippen LogP contribution in [0.1, 0.15) is 20.8 Å². The molecule has 0 heterocycles. The van der Waals surface area contributed by atoms with Gasteiger partial charge in [0.05, 0.1) is 0 Å². The Hall–Kier alpha value is 1.13. The molecule has 0 rings (SSSR count). The second-order valence-electron chi connectivity index (χ2n) is 3.35. The molecular weight excluding hydrogens is 255 g/mol. The van der Waals surface area contributed by atoms with Crippen molar-refractivity contribution in [2.45, 2.75) is 26.8 Å². The molecule has 2 atom stereocenters. The summed E-state index contributed by atoms with van der Waals surface area (Å²) in [6.45, 7) is 6.31. The Kier molecular flexibility index (Phi) is 8.54. The van der Waals surface area contributed by atoms with Gasteiger partial charge in [-0.15, -0.1) is 0 Å². The van der Waals surface area contributed by atoms with E-state index in [1.165, 1.54) is 0 Å². The van der Waals surface area contributed by atoms with Crippen LogP contribution in [0.15, 0.2) is 0 Å². The number of hydrogen-bond acceptors (Lipinski definition) is 3. The molecule has 0 aliphatic heterocycles. The minimum Gasteiger partial charge on any atom is -0.760 e. The summed E-state index contributed by atoms with van der Waals surface area (Å²) in [6, 6.07) is -0.541. The maximum absolute atomic E-state index is 10.2. The molecule has 0 fully saturated rings. The van der Waals surface area contributed by atoms with E-state index in [0.717, 1.165) is 6.61 Å². The first kappa shape index (κ1) is 15.6. The molecule has 0 aliphatic carbocycles. The predicted octanol–water partition coefficient (Wildman–Crippen LogP) is 0.317. The first-order valence-electron chi connectivity index (χ1n) is 3.21. The SMILES string of the molecule is CC(C)(C)C([CH-]O)NS(=O)[O-].[Y]. The fraction of sp³-hybridized carbons (Fsp3) is 0.833. The zero-order chi connectivity index (χ0) is 9.07. The standard InChI is InChI=1S/C6H14NO3S.Y/c1-6(2,3)5(4-8)7-11(9)10;/h4-5,7-8H,1-3H3,(H,9,10);/q-1;/p-1. The molecule has 71 valence electrons. The Bertz CT molecular complexity index is 148. The fourth-order valence-corrected chi connectivity index (χ4v) is 1.16. The van der Waals surface area contributed by atoms with Crippen LogP contribution in [0.25, 0.3) is 0 Å². The van der Waals surface area contributed by atoms with Gasteiger partial charge in [-0.2, -0.15) is 6.61 Å². The molecular formula is C6H13NO3SY-2. The second kappa shape index (κ2) is 6.57. The van der Waals surface area contributed by atoms with Gasteiger partial charge in [0.1, 0.15) is 0 Å². The van der Waals surface area contributed by atoms with Gasteiger partial charge in [-0.1, -0.05) is 26.8 Å². The second-order valence-corrected chi connectivity index (χ2v) is 4.05. The molecule has 0 amide bonds. The number of aliphatic hydroxyl groups is 1. The smallest absolute Gasteiger partial charge is 0.0159 e. The van der Waals surface area contributed by atoms with Gasteiger partial charge in [-0.05, 0) is 5.41 Å². The predicted molar refractivity (Wildman–Crippen MR) is 41.5 cm³/mol. The van der Waals surface area contributed by atoms with Gasteiger partial charge in [0.25, 0.3) is 0 Å². The van der Waals surface area contributed by atoms with Crippen LogP contribution in [0.2, 0.25) is 0 Å². The number of nitrogens with one attached hydrogen (secondary N) is 1. The van der Waals surface area contributed by atoms with Gasteiger partial charge < -0.3 is 9.66 Å². The van der Waals surface area contributed by atoms with Crippen molar-refractivity contribution in [2.75, 3.05) is 0 Å². The Morgan fingerprint density at radius 2 is 2.00 bits per heavy atom. The van der Waals surface area contributed by atoms with E-state index < -0.39 is 17.3 Å². The molecule has 0 aromatic heterocycles. The largest absolute Gasteiger partial charge is 0.760 e. The third-order valence-electron chi connectivity index (χ3n) is 1.31. The summed E-state index contributed by atoms with van der Waals surface area (Å²) in [5.74, 6) is 0. The normalized spacial score (nSPS) is 16.4. The molecule has 0 aromatic rings. The molecule has 2 unspecified atom stereocenters. The molecule has 0 aromatic carbocycles. The number of rotatable bonds is 3. The fourth-order valence-electron chi connectivity index (χ4n) is 0.534. The molecule has 4 nitrogen and oxygen atoms in total. The van der Waals surface area contributed by atoms with Gasteiger partial charge in [0, 0.05) is 44.0 Å². The van der Waals surface area contributed by atoms with E-state index in [1.807, 2.05) is 20.8 Å². The summed E-state index contributed by atoms with van der Waals surface area (Å²) in [5.41, 5.74) is -0.311. The molecule has 0 saturated carbocycles. The van der Waals surface area contributed by atoms with Crippen molar-refractivity contribution >= 4 is 11.3 Å². The van der Waals surface area contributed by atoms with Gasteiger partial charge in [-0.3, -0.25) is 8.93 Å². The van der Waals surface area contributed by atoms with Crippen LogP contribution < -0.4 is 4.72 Å². The van der Waals surface area contributed by atoms with Crippen LogP contribution in [0.3, 0.4) is 0 Å². The molecule has 0 bridgehead atoms. The van der Waals surface area contributed by atoms with Crippen LogP contribution in [0.5, 0.6) is 0 Å². The van der Waals surface area contributed by atoms with Crippen molar-refractivity contribution in [3.63, 3.8) is 0 Å². The van der Waals surface area contributed by atoms with Gasteiger partial charge >= 0.3 is 0 Å². The average molecular weight is 268 g/mol. The Labute approximate surface area is 101 Å². The van der Waals surface area contributed by atoms with E-state index in [9.17, 15) is 8.76 Å². The molecule has 6 heteroatoms. The Morgan fingerprint density at radius 3 is 2.08 bits per heavy atom. The van der Waals surface area contributed by atoms with E-state index in [4.69, 9.17) is 5.11 Å². The molecule has 12 heavy (non-hydrogen) atoms. The summed E-state index contributed by atoms with van der Waals surface area (Å²) in [5, 5.41) is 8.65. The topological polar surface area (TPSA) is 72.4 Å². The first-order valence-corrected chi connectivity index (χ1v) is 4.28. The van der Waals surface area contributed by atoms with E-state index in [0.29, 0.717) is 0 Å². The zero-order valence-electron chi connectivity index (χ0n) is 7.40. The van der Waals surface area contributed by atoms with Crippen LogP contribution in [-0.4, -0.2) is 19.9 Å². The Balaban J connectivity index is 0. The van der Waals surface area contributed by atoms with Crippen molar-refractivity contribution in [1.29, 1.82) is 0 Å². The third-order valence-corrected chi connectivity index (χ3v) is 1.75. The van der Waals surface area contributed by atoms with Crippen molar-refractivity contribution < 1.29 is 46.6 Å². The van der Waals surface area contributed by atoms with Crippen LogP contribution >= 0.6 is 0 Å². The van der Waals surface area contributed by atoms with Gasteiger partial charge in [-0.25, -0.2) is 0 Å². The number of hydrogen-bond donors (Lipinski definition) is 2. The quantitative estimate of drug-likeness (QED) is 0.572. The molecule has 2 N–H and O–H groups in total. The number of aliphatic hydroxyl groups excluding tert-OH is 1. The van der Waals surface area contributed by atoms with E-state index in [2.05, 4.69) is 4.72 Å². The van der Waals surface area contributed by atoms with Crippen molar-refractivity contribution in [3.8, 4) is 0 Å². The van der Waals surface area contributed by atoms with Crippen LogP contribution in [0.4, 0.5) is 0 Å². The molecule has 0 aliphatic rings. The first-order chi connectivity index (χ1) is 4.88.